The summed E-state index contributed by atoms with van der Waals surface area (Å²) < 4.78 is 10.4. The molecule has 0 unspecified atom stereocenters. The third-order valence-electron chi connectivity index (χ3n) is 6.73. The molecule has 33 heavy (non-hydrogen) atoms. The molecule has 0 N–H and O–H groups in total. The smallest absolute Gasteiger partial charge is 0.260 e. The van der Waals surface area contributed by atoms with Crippen molar-refractivity contribution in [1.29, 1.82) is 0 Å². The van der Waals surface area contributed by atoms with Crippen molar-refractivity contribution in [2.24, 2.45) is 0 Å². The van der Waals surface area contributed by atoms with E-state index in [9.17, 15) is 4.79 Å². The van der Waals surface area contributed by atoms with Crippen molar-refractivity contribution < 1.29 is 9.53 Å². The molecule has 1 amide bonds. The molecule has 0 radical (unpaired) electrons. The van der Waals surface area contributed by atoms with Crippen molar-refractivity contribution in [2.45, 2.75) is 44.9 Å². The van der Waals surface area contributed by atoms with Crippen molar-refractivity contribution in [3.05, 3.63) is 66.0 Å². The summed E-state index contributed by atoms with van der Waals surface area (Å²) in [5, 5.41) is 8.28. The maximum absolute atomic E-state index is 13.4. The summed E-state index contributed by atoms with van der Waals surface area (Å²) in [5.41, 5.74) is 3.95. The zero-order chi connectivity index (χ0) is 22.3. The first-order valence-corrected chi connectivity index (χ1v) is 11.1. The fraction of sp³-hybridized carbons (Fsp3) is 0.292. The minimum atomic E-state index is -0.262. The normalized spacial score (nSPS) is 17.2. The molecule has 5 heterocycles. The second kappa shape index (κ2) is 6.28. The lowest BCUT2D eigenvalue weighted by molar-refractivity contribution is 0.0996. The van der Waals surface area contributed by atoms with Crippen LogP contribution in [-0.4, -0.2) is 35.2 Å². The molecule has 0 atom stereocenters. The first-order chi connectivity index (χ1) is 16.0. The molecule has 3 aliphatic rings. The van der Waals surface area contributed by atoms with Gasteiger partial charge in [-0.15, -0.1) is 10.2 Å². The van der Waals surface area contributed by atoms with Crippen LogP contribution in [0.5, 0.6) is 5.75 Å². The topological polar surface area (TPSA) is 91.0 Å². The lowest BCUT2D eigenvalue weighted by Crippen LogP contribution is -2.25. The van der Waals surface area contributed by atoms with Gasteiger partial charge in [0.1, 0.15) is 23.6 Å². The summed E-state index contributed by atoms with van der Waals surface area (Å²) in [5.74, 6) is 2.00. The van der Waals surface area contributed by atoms with E-state index >= 15 is 0 Å². The highest BCUT2D eigenvalue weighted by atomic mass is 16.5. The first-order valence-electron chi connectivity index (χ1n) is 11.1. The minimum Gasteiger partial charge on any atom is -0.479 e. The minimum absolute atomic E-state index is 0.0730. The van der Waals surface area contributed by atoms with Crippen LogP contribution in [-0.2, 0) is 12.1 Å². The molecule has 1 aliphatic carbocycles. The molecule has 1 saturated carbocycles. The standard InChI is InChI=1S/C24H21N7O2/c1-14(2)30-13-26-28-22(30)17-4-3-5-21(27-17)29-11-15-8-19-18(9-16(15)23(29)32)31-12-25-10-20(31)24(33-19)6-7-24/h3-5,8-10,12-14H,6-7,11H2,1-2H3. The Kier molecular flexibility index (Phi) is 3.53. The quantitative estimate of drug-likeness (QED) is 0.484. The molecule has 2 aliphatic heterocycles. The fourth-order valence-corrected chi connectivity index (χ4v) is 4.84. The van der Waals surface area contributed by atoms with E-state index in [-0.39, 0.29) is 17.6 Å². The van der Waals surface area contributed by atoms with E-state index in [2.05, 4.69) is 33.6 Å². The van der Waals surface area contributed by atoms with Gasteiger partial charge >= 0.3 is 0 Å². The van der Waals surface area contributed by atoms with Gasteiger partial charge < -0.3 is 9.30 Å². The number of benzene rings is 1. The van der Waals surface area contributed by atoms with Gasteiger partial charge in [-0.1, -0.05) is 6.07 Å². The van der Waals surface area contributed by atoms with Crippen molar-refractivity contribution in [3.8, 4) is 23.0 Å². The first kappa shape index (κ1) is 18.6. The lowest BCUT2D eigenvalue weighted by atomic mass is 10.1. The summed E-state index contributed by atoms with van der Waals surface area (Å²) >= 11 is 0. The van der Waals surface area contributed by atoms with Gasteiger partial charge in [-0.2, -0.15) is 0 Å². The van der Waals surface area contributed by atoms with Crippen LogP contribution in [0.15, 0.2) is 49.2 Å². The summed E-state index contributed by atoms with van der Waals surface area (Å²) in [7, 11) is 0. The van der Waals surface area contributed by atoms with Gasteiger partial charge in [0.15, 0.2) is 11.4 Å². The van der Waals surface area contributed by atoms with E-state index < -0.39 is 0 Å². The van der Waals surface area contributed by atoms with Crippen molar-refractivity contribution in [1.82, 2.24) is 29.3 Å². The van der Waals surface area contributed by atoms with Gasteiger partial charge in [-0.05, 0) is 56.5 Å². The Morgan fingerprint density at radius 1 is 1.15 bits per heavy atom. The number of hydrogen-bond donors (Lipinski definition) is 0. The molecule has 0 saturated heterocycles. The molecule has 1 spiro atoms. The number of imidazole rings is 1. The Labute approximate surface area is 189 Å². The number of anilines is 1. The predicted molar refractivity (Wildman–Crippen MR) is 119 cm³/mol. The highest BCUT2D eigenvalue weighted by Crippen LogP contribution is 2.54. The van der Waals surface area contributed by atoms with Crippen LogP contribution in [0, 0.1) is 0 Å². The number of fused-ring (bicyclic) bond motifs is 5. The maximum atomic E-state index is 13.4. The van der Waals surface area contributed by atoms with Crippen LogP contribution in [0.4, 0.5) is 5.82 Å². The average molecular weight is 439 g/mol. The van der Waals surface area contributed by atoms with Crippen LogP contribution in [0.25, 0.3) is 17.2 Å². The summed E-state index contributed by atoms with van der Waals surface area (Å²) in [6.07, 6.45) is 7.33. The second-order valence-corrected chi connectivity index (χ2v) is 9.15. The zero-order valence-electron chi connectivity index (χ0n) is 18.3. The predicted octanol–water partition coefficient (Wildman–Crippen LogP) is 3.65. The number of carbonyl (C=O) groups excluding carboxylic acids is 1. The highest BCUT2D eigenvalue weighted by molar-refractivity contribution is 6.10. The molecule has 7 rings (SSSR count). The molecule has 9 nitrogen and oxygen atoms in total. The number of amides is 1. The van der Waals surface area contributed by atoms with E-state index in [1.54, 1.807) is 17.6 Å². The van der Waals surface area contributed by atoms with Crippen LogP contribution < -0.4 is 9.64 Å². The molecular formula is C24H21N7O2. The monoisotopic (exact) mass is 439 g/mol. The third kappa shape index (κ3) is 2.56. The van der Waals surface area contributed by atoms with Crippen molar-refractivity contribution in [2.75, 3.05) is 4.90 Å². The highest BCUT2D eigenvalue weighted by Gasteiger charge is 2.52. The number of ether oxygens (including phenoxy) is 1. The van der Waals surface area contributed by atoms with Gasteiger partial charge in [0.2, 0.25) is 0 Å². The van der Waals surface area contributed by atoms with Gasteiger partial charge in [-0.25, -0.2) is 9.97 Å². The molecular weight excluding hydrogens is 418 g/mol. The molecule has 0 bridgehead atoms. The number of carbonyl (C=O) groups is 1. The molecule has 4 aromatic rings. The van der Waals surface area contributed by atoms with E-state index in [0.29, 0.717) is 29.4 Å². The van der Waals surface area contributed by atoms with E-state index in [0.717, 1.165) is 35.5 Å². The molecule has 164 valence electrons. The molecule has 1 aromatic carbocycles. The van der Waals surface area contributed by atoms with Gasteiger partial charge in [0.25, 0.3) is 5.91 Å². The maximum Gasteiger partial charge on any atom is 0.260 e. The third-order valence-corrected chi connectivity index (χ3v) is 6.73. The largest absolute Gasteiger partial charge is 0.479 e. The number of rotatable bonds is 3. The average Bonchev–Trinajstić information content (AvgIpc) is 3.20. The van der Waals surface area contributed by atoms with Crippen LogP contribution in [0.2, 0.25) is 0 Å². The molecule has 1 fully saturated rings. The number of pyridine rings is 1. The lowest BCUT2D eigenvalue weighted by Gasteiger charge is -2.28. The Hall–Kier alpha value is -4.01. The Morgan fingerprint density at radius 2 is 2.03 bits per heavy atom. The number of nitrogens with zero attached hydrogens (tertiary/aromatic N) is 7. The van der Waals surface area contributed by atoms with E-state index in [1.807, 2.05) is 41.1 Å². The van der Waals surface area contributed by atoms with Gasteiger partial charge in [0, 0.05) is 11.6 Å². The SMILES string of the molecule is CC(C)n1cnnc1-c1cccc(N2Cc3cc4c(cc3C2=O)-n2cncc2C2(CC2)O4)n1. The van der Waals surface area contributed by atoms with E-state index in [4.69, 9.17) is 9.72 Å². The van der Waals surface area contributed by atoms with Gasteiger partial charge in [-0.3, -0.25) is 14.3 Å². The Morgan fingerprint density at radius 3 is 2.85 bits per heavy atom. The fourth-order valence-electron chi connectivity index (χ4n) is 4.84. The zero-order valence-corrected chi connectivity index (χ0v) is 18.3. The Balaban J connectivity index is 1.27. The Bertz CT molecular complexity index is 1450. The van der Waals surface area contributed by atoms with E-state index in [1.165, 1.54) is 0 Å². The van der Waals surface area contributed by atoms with Crippen molar-refractivity contribution >= 4 is 11.7 Å². The number of aromatic nitrogens is 6. The summed E-state index contributed by atoms with van der Waals surface area (Å²) in [6, 6.07) is 9.77. The summed E-state index contributed by atoms with van der Waals surface area (Å²) in [4.78, 5) is 24.2. The van der Waals surface area contributed by atoms with Gasteiger partial charge in [0.05, 0.1) is 30.5 Å². The summed E-state index contributed by atoms with van der Waals surface area (Å²) in [6.45, 7) is 4.58. The number of hydrogen-bond acceptors (Lipinski definition) is 6. The van der Waals surface area contributed by atoms with Crippen LogP contribution in [0.3, 0.4) is 0 Å². The van der Waals surface area contributed by atoms with Crippen molar-refractivity contribution in [3.63, 3.8) is 0 Å². The molecule has 3 aromatic heterocycles. The van der Waals surface area contributed by atoms with Crippen LogP contribution >= 0.6 is 0 Å². The molecule has 9 heteroatoms. The van der Waals surface area contributed by atoms with Crippen LogP contribution in [0.1, 0.15) is 54.3 Å². The second-order valence-electron chi connectivity index (χ2n) is 9.15.